The van der Waals surface area contributed by atoms with Gasteiger partial charge in [0.1, 0.15) is 17.4 Å². The smallest absolute Gasteiger partial charge is 0.410 e. The summed E-state index contributed by atoms with van der Waals surface area (Å²) >= 11 is 0. The van der Waals surface area contributed by atoms with Crippen LogP contribution in [0.15, 0.2) is 97.3 Å². The summed E-state index contributed by atoms with van der Waals surface area (Å²) in [4.78, 5) is 34.6. The van der Waals surface area contributed by atoms with Gasteiger partial charge >= 0.3 is 6.09 Å². The Bertz CT molecular complexity index is 1640. The van der Waals surface area contributed by atoms with E-state index in [0.29, 0.717) is 19.6 Å². The van der Waals surface area contributed by atoms with E-state index in [0.717, 1.165) is 39.1 Å². The lowest BCUT2D eigenvalue weighted by Gasteiger charge is -2.36. The van der Waals surface area contributed by atoms with Crippen molar-refractivity contribution in [2.75, 3.05) is 20.3 Å². The van der Waals surface area contributed by atoms with Crippen molar-refractivity contribution >= 4 is 12.0 Å². The van der Waals surface area contributed by atoms with Gasteiger partial charge in [-0.2, -0.15) is 0 Å². The first-order valence-electron chi connectivity index (χ1n) is 16.9. The minimum Gasteiger partial charge on any atom is -0.488 e. The third kappa shape index (κ3) is 8.66. The Balaban J connectivity index is 1.58. The van der Waals surface area contributed by atoms with Gasteiger partial charge in [-0.1, -0.05) is 60.7 Å². The highest BCUT2D eigenvalue weighted by Gasteiger charge is 2.42. The summed E-state index contributed by atoms with van der Waals surface area (Å²) in [6, 6.07) is 25.4. The second-order valence-electron chi connectivity index (χ2n) is 13.0. The quantitative estimate of drug-likeness (QED) is 0.138. The number of carbonyl (C=O) groups excluding carboxylic acids is 2. The number of pyridine rings is 1. The Labute approximate surface area is 289 Å². The van der Waals surface area contributed by atoms with E-state index in [1.807, 2.05) is 120 Å². The fraction of sp³-hybridized carbons (Fsp3) is 0.375. The summed E-state index contributed by atoms with van der Waals surface area (Å²) in [6.45, 7) is 10.7. The van der Waals surface area contributed by atoms with E-state index in [1.165, 1.54) is 7.11 Å². The van der Waals surface area contributed by atoms with Crippen LogP contribution in [0.2, 0.25) is 0 Å². The van der Waals surface area contributed by atoms with Crippen molar-refractivity contribution in [3.05, 3.63) is 120 Å². The SMILES string of the molecule is CCOC(CC(NC(=O)[C@H](Cc1ccc(OC(C)(C)C)cc1)N(C(=O)OC)C1c2ccccc2-c2ccccc21)c1ccncc1)OCC. The van der Waals surface area contributed by atoms with Crippen LogP contribution < -0.4 is 10.1 Å². The molecule has 9 nitrogen and oxygen atoms in total. The van der Waals surface area contributed by atoms with Gasteiger partial charge < -0.3 is 24.3 Å². The summed E-state index contributed by atoms with van der Waals surface area (Å²) < 4.78 is 23.3. The molecule has 2 amide bonds. The molecular weight excluding hydrogens is 618 g/mol. The molecule has 0 radical (unpaired) electrons. The molecule has 1 aliphatic carbocycles. The molecule has 0 saturated heterocycles. The molecule has 258 valence electrons. The number of nitrogens with zero attached hydrogens (tertiary/aromatic N) is 2. The van der Waals surface area contributed by atoms with Crippen molar-refractivity contribution in [1.82, 2.24) is 15.2 Å². The van der Waals surface area contributed by atoms with Crippen LogP contribution >= 0.6 is 0 Å². The average molecular weight is 666 g/mol. The minimum absolute atomic E-state index is 0.223. The van der Waals surface area contributed by atoms with Crippen LogP contribution in [0.4, 0.5) is 4.79 Å². The first-order chi connectivity index (χ1) is 23.6. The second-order valence-corrected chi connectivity index (χ2v) is 13.0. The fourth-order valence-electron chi connectivity index (χ4n) is 6.42. The molecule has 49 heavy (non-hydrogen) atoms. The molecule has 5 rings (SSSR count). The highest BCUT2D eigenvalue weighted by atomic mass is 16.7. The van der Waals surface area contributed by atoms with E-state index in [-0.39, 0.29) is 17.9 Å². The second kappa shape index (κ2) is 16.1. The molecular formula is C40H47N3O6. The molecule has 4 aromatic rings. The Morgan fingerprint density at radius 1 is 0.837 bits per heavy atom. The minimum atomic E-state index is -0.965. The summed E-state index contributed by atoms with van der Waals surface area (Å²) in [6.07, 6.45) is 2.81. The number of nitrogens with one attached hydrogen (secondary N) is 1. The molecule has 9 heteroatoms. The third-order valence-electron chi connectivity index (χ3n) is 8.44. The number of carbonyl (C=O) groups is 2. The Morgan fingerprint density at radius 2 is 1.41 bits per heavy atom. The van der Waals surface area contributed by atoms with E-state index in [1.54, 1.807) is 17.3 Å². The van der Waals surface area contributed by atoms with Gasteiger partial charge in [-0.05, 0) is 92.3 Å². The molecule has 0 fully saturated rings. The van der Waals surface area contributed by atoms with Crippen molar-refractivity contribution in [3.63, 3.8) is 0 Å². The Kier molecular flexibility index (Phi) is 11.7. The molecule has 0 saturated carbocycles. The molecule has 0 spiro atoms. The normalized spacial score (nSPS) is 13.7. The van der Waals surface area contributed by atoms with E-state index >= 15 is 0 Å². The van der Waals surface area contributed by atoms with Crippen LogP contribution in [0, 0.1) is 0 Å². The highest BCUT2D eigenvalue weighted by molar-refractivity contribution is 5.88. The predicted molar refractivity (Wildman–Crippen MR) is 189 cm³/mol. The molecule has 1 heterocycles. The van der Waals surface area contributed by atoms with Crippen LogP contribution in [0.3, 0.4) is 0 Å². The first kappa shape index (κ1) is 35.6. The number of methoxy groups -OCH3 is 1. The summed E-state index contributed by atoms with van der Waals surface area (Å²) in [5.74, 6) is 0.382. The van der Waals surface area contributed by atoms with Crippen molar-refractivity contribution in [2.45, 2.75) is 77.5 Å². The lowest BCUT2D eigenvalue weighted by molar-refractivity contribution is -0.145. The van der Waals surface area contributed by atoms with Gasteiger partial charge in [0.15, 0.2) is 6.29 Å². The van der Waals surface area contributed by atoms with E-state index in [9.17, 15) is 9.59 Å². The Morgan fingerprint density at radius 3 is 1.94 bits per heavy atom. The third-order valence-corrected chi connectivity index (χ3v) is 8.44. The summed E-state index contributed by atoms with van der Waals surface area (Å²) in [5.41, 5.74) is 5.24. The fourth-order valence-corrected chi connectivity index (χ4v) is 6.42. The van der Waals surface area contributed by atoms with Crippen molar-refractivity contribution in [2.24, 2.45) is 0 Å². The molecule has 0 bridgehead atoms. The van der Waals surface area contributed by atoms with Gasteiger partial charge in [0.05, 0.1) is 19.2 Å². The van der Waals surface area contributed by atoms with Crippen LogP contribution in [0.25, 0.3) is 11.1 Å². The zero-order chi connectivity index (χ0) is 35.0. The lowest BCUT2D eigenvalue weighted by Crippen LogP contribution is -2.53. The van der Waals surface area contributed by atoms with E-state index in [2.05, 4.69) is 10.3 Å². The van der Waals surface area contributed by atoms with Gasteiger partial charge in [0.2, 0.25) is 5.91 Å². The highest BCUT2D eigenvalue weighted by Crippen LogP contribution is 2.47. The van der Waals surface area contributed by atoms with Crippen LogP contribution in [0.5, 0.6) is 5.75 Å². The molecule has 2 atom stereocenters. The molecule has 1 unspecified atom stereocenters. The van der Waals surface area contributed by atoms with Gasteiger partial charge in [-0.15, -0.1) is 0 Å². The maximum atomic E-state index is 14.8. The van der Waals surface area contributed by atoms with Crippen LogP contribution in [-0.4, -0.2) is 60.1 Å². The Hall–Kier alpha value is -4.73. The number of ether oxygens (including phenoxy) is 4. The number of rotatable bonds is 14. The maximum Gasteiger partial charge on any atom is 0.410 e. The van der Waals surface area contributed by atoms with Crippen molar-refractivity contribution in [3.8, 4) is 16.9 Å². The number of aromatic nitrogens is 1. The largest absolute Gasteiger partial charge is 0.488 e. The monoisotopic (exact) mass is 665 g/mol. The number of hydrogen-bond acceptors (Lipinski definition) is 7. The standard InChI is InChI=1S/C40H47N3O6/c1-7-47-36(48-8-2)26-34(28-21-23-41-24-22-28)42-38(44)35(25-27-17-19-29(20-18-27)49-40(3,4)5)43(39(45)46-6)37-32-15-11-9-13-30(32)31-14-10-12-16-33(31)37/h9-24,34-37H,7-8,25-26H2,1-6H3,(H,42,44)/t34?,35-/m0/s1. The van der Waals surface area contributed by atoms with E-state index in [4.69, 9.17) is 18.9 Å². The van der Waals surface area contributed by atoms with Gasteiger partial charge in [-0.3, -0.25) is 14.7 Å². The summed E-state index contributed by atoms with van der Waals surface area (Å²) in [5, 5.41) is 3.27. The topological polar surface area (TPSA) is 99.2 Å². The zero-order valence-corrected chi connectivity index (χ0v) is 29.2. The molecule has 3 aromatic carbocycles. The first-order valence-corrected chi connectivity index (χ1v) is 16.9. The van der Waals surface area contributed by atoms with E-state index < -0.39 is 30.5 Å². The van der Waals surface area contributed by atoms with Gasteiger partial charge in [0.25, 0.3) is 0 Å². The molecule has 1 N–H and O–H groups in total. The van der Waals surface area contributed by atoms with Gasteiger partial charge in [0, 0.05) is 38.4 Å². The summed E-state index contributed by atoms with van der Waals surface area (Å²) in [7, 11) is 1.35. The predicted octanol–water partition coefficient (Wildman–Crippen LogP) is 7.66. The number of benzene rings is 3. The average Bonchev–Trinajstić information content (AvgIpc) is 3.42. The lowest BCUT2D eigenvalue weighted by atomic mass is 9.96. The molecule has 0 aliphatic heterocycles. The van der Waals surface area contributed by atoms with Crippen LogP contribution in [-0.2, 0) is 25.4 Å². The number of fused-ring (bicyclic) bond motifs is 3. The molecule has 1 aromatic heterocycles. The van der Waals surface area contributed by atoms with Crippen molar-refractivity contribution < 1.29 is 28.5 Å². The number of hydrogen-bond donors (Lipinski definition) is 1. The zero-order valence-electron chi connectivity index (χ0n) is 29.2. The van der Waals surface area contributed by atoms with Crippen molar-refractivity contribution in [1.29, 1.82) is 0 Å². The maximum absolute atomic E-state index is 14.8. The van der Waals surface area contributed by atoms with Gasteiger partial charge in [-0.25, -0.2) is 4.79 Å². The van der Waals surface area contributed by atoms with Crippen LogP contribution in [0.1, 0.15) is 75.4 Å². The number of amides is 2. The molecule has 1 aliphatic rings.